The summed E-state index contributed by atoms with van der Waals surface area (Å²) in [5.74, 6) is 2.48. The lowest BCUT2D eigenvalue weighted by atomic mass is 10.3. The first kappa shape index (κ1) is 40.6. The van der Waals surface area contributed by atoms with Crippen molar-refractivity contribution in [3.63, 3.8) is 0 Å². The highest BCUT2D eigenvalue weighted by Gasteiger charge is 2.33. The van der Waals surface area contributed by atoms with Crippen LogP contribution < -0.4 is 0 Å². The van der Waals surface area contributed by atoms with Gasteiger partial charge in [0.1, 0.15) is 21.4 Å². The van der Waals surface area contributed by atoms with E-state index < -0.39 is 21.4 Å². The van der Waals surface area contributed by atoms with E-state index in [9.17, 15) is 13.7 Å². The van der Waals surface area contributed by atoms with Crippen molar-refractivity contribution in [2.24, 2.45) is 35.5 Å². The quantitative estimate of drug-likeness (QED) is 0.138. The van der Waals surface area contributed by atoms with Crippen LogP contribution in [-0.2, 0) is 13.7 Å². The first-order valence-corrected chi connectivity index (χ1v) is 23.9. The molecule has 6 nitrogen and oxygen atoms in total. The van der Waals surface area contributed by atoms with Gasteiger partial charge in [-0.2, -0.15) is 0 Å². The molecule has 1 fully saturated rings. The van der Waals surface area contributed by atoms with Gasteiger partial charge in [-0.1, -0.05) is 83.1 Å². The van der Waals surface area contributed by atoms with Crippen LogP contribution >= 0.6 is 21.4 Å². The Bertz CT molecular complexity index is 736. The first-order chi connectivity index (χ1) is 19.2. The van der Waals surface area contributed by atoms with Gasteiger partial charge in [0.2, 0.25) is 0 Å². The largest absolute Gasteiger partial charge is 0.322 e. The Hall–Kier alpha value is 0.570. The molecular formula is C33H72N3O3P3. The summed E-state index contributed by atoms with van der Waals surface area (Å²) >= 11 is 0. The lowest BCUT2D eigenvalue weighted by molar-refractivity contribution is 0.255. The van der Waals surface area contributed by atoms with Gasteiger partial charge in [-0.3, -0.25) is 14.7 Å². The van der Waals surface area contributed by atoms with Crippen molar-refractivity contribution in [1.29, 1.82) is 0 Å². The highest BCUT2D eigenvalue weighted by molar-refractivity contribution is 7.64. The average molecular weight is 652 g/mol. The third kappa shape index (κ3) is 17.3. The minimum Gasteiger partial charge on any atom is -0.322 e. The SMILES string of the molecule is CC(C)CP(=O)(CC(C)C)CN1CCN(CP(=O)(CC(C)C)CC(C)C)CCN(CP(=O)(CC(C)C)CC(C)C)CC1. The van der Waals surface area contributed by atoms with Crippen molar-refractivity contribution in [3.8, 4) is 0 Å². The van der Waals surface area contributed by atoms with Gasteiger partial charge in [0.15, 0.2) is 0 Å². The normalized spacial score (nSPS) is 18.1. The summed E-state index contributed by atoms with van der Waals surface area (Å²) in [5, 5.41) is 0. The van der Waals surface area contributed by atoms with Gasteiger partial charge in [0, 0.05) is 76.2 Å². The summed E-state index contributed by atoms with van der Waals surface area (Å²) < 4.78 is 43.0. The Kier molecular flexibility index (Phi) is 18.0. The second kappa shape index (κ2) is 18.6. The van der Waals surface area contributed by atoms with Gasteiger partial charge in [-0.25, -0.2) is 0 Å². The molecule has 0 aromatic heterocycles. The Morgan fingerprint density at radius 1 is 0.357 bits per heavy atom. The number of hydrogen-bond donors (Lipinski definition) is 0. The summed E-state index contributed by atoms with van der Waals surface area (Å²) in [4.78, 5) is 7.34. The molecule has 252 valence electrons. The van der Waals surface area contributed by atoms with Gasteiger partial charge in [0.25, 0.3) is 0 Å². The van der Waals surface area contributed by atoms with Crippen LogP contribution in [-0.4, -0.2) is 110 Å². The molecule has 0 unspecified atom stereocenters. The lowest BCUT2D eigenvalue weighted by Crippen LogP contribution is -2.38. The maximum absolute atomic E-state index is 14.3. The second-order valence-corrected chi connectivity index (χ2v) is 25.8. The van der Waals surface area contributed by atoms with E-state index in [1.54, 1.807) is 0 Å². The topological polar surface area (TPSA) is 60.9 Å². The van der Waals surface area contributed by atoms with Crippen molar-refractivity contribution < 1.29 is 13.7 Å². The zero-order chi connectivity index (χ0) is 32.3. The molecule has 0 atom stereocenters. The fourth-order valence-electron chi connectivity index (χ4n) is 7.26. The van der Waals surface area contributed by atoms with E-state index in [0.717, 1.165) is 76.2 Å². The molecule has 0 aromatic rings. The predicted octanol–water partition coefficient (Wildman–Crippen LogP) is 8.80. The monoisotopic (exact) mass is 651 g/mol. The molecule has 0 bridgehead atoms. The Morgan fingerprint density at radius 2 is 0.500 bits per heavy atom. The molecule has 1 heterocycles. The van der Waals surface area contributed by atoms with E-state index in [1.807, 2.05) is 0 Å². The Balaban J connectivity index is 3.35. The molecular weight excluding hydrogens is 579 g/mol. The second-order valence-electron chi connectivity index (χ2n) is 16.4. The van der Waals surface area contributed by atoms with Crippen LogP contribution in [0, 0.1) is 35.5 Å². The molecule has 0 amide bonds. The zero-order valence-corrected chi connectivity index (χ0v) is 32.7. The fraction of sp³-hybridized carbons (Fsp3) is 1.00. The molecule has 0 N–H and O–H groups in total. The molecule has 1 rings (SSSR count). The van der Waals surface area contributed by atoms with E-state index in [2.05, 4.69) is 97.8 Å². The van der Waals surface area contributed by atoms with Gasteiger partial charge >= 0.3 is 0 Å². The number of nitrogens with zero attached hydrogens (tertiary/aromatic N) is 3. The van der Waals surface area contributed by atoms with Crippen molar-refractivity contribution in [3.05, 3.63) is 0 Å². The van der Waals surface area contributed by atoms with E-state index in [1.165, 1.54) is 0 Å². The third-order valence-electron chi connectivity index (χ3n) is 7.76. The van der Waals surface area contributed by atoms with Crippen molar-refractivity contribution >= 4 is 21.4 Å². The zero-order valence-electron chi connectivity index (χ0n) is 30.0. The fourth-order valence-corrected chi connectivity index (χ4v) is 19.4. The molecule has 9 heteroatoms. The third-order valence-corrected chi connectivity index (χ3v) is 18.9. The maximum Gasteiger partial charge on any atom is 0.101 e. The highest BCUT2D eigenvalue weighted by atomic mass is 31.2. The van der Waals surface area contributed by atoms with Crippen molar-refractivity contribution in [2.45, 2.75) is 83.1 Å². The van der Waals surface area contributed by atoms with E-state index >= 15 is 0 Å². The predicted molar refractivity (Wildman–Crippen MR) is 190 cm³/mol. The summed E-state index contributed by atoms with van der Waals surface area (Å²) in [6.45, 7) is 31.4. The van der Waals surface area contributed by atoms with Gasteiger partial charge in [-0.05, 0) is 35.5 Å². The molecule has 1 aliphatic rings. The lowest BCUT2D eigenvalue weighted by Gasteiger charge is -2.32. The van der Waals surface area contributed by atoms with Crippen LogP contribution in [0.1, 0.15) is 83.1 Å². The summed E-state index contributed by atoms with van der Waals surface area (Å²) in [5.41, 5.74) is 0. The standard InChI is InChI=1S/C33H72N3O3P3/c1-28(2)19-40(37,20-29(3)4)25-34-13-15-35(26-41(38,21-30(5)6)22-31(7)8)17-18-36(16-14-34)27-42(39,23-32(9)10)24-33(11)12/h28-33H,13-27H2,1-12H3. The highest BCUT2D eigenvalue weighted by Crippen LogP contribution is 2.52. The van der Waals surface area contributed by atoms with E-state index in [-0.39, 0.29) is 0 Å². The molecule has 1 saturated heterocycles. The molecule has 0 aromatic carbocycles. The van der Waals surface area contributed by atoms with E-state index in [0.29, 0.717) is 54.4 Å². The summed E-state index contributed by atoms with van der Waals surface area (Å²) in [7, 11) is -7.10. The van der Waals surface area contributed by atoms with Gasteiger partial charge < -0.3 is 13.7 Å². The van der Waals surface area contributed by atoms with Crippen LogP contribution in [0.3, 0.4) is 0 Å². The molecule has 42 heavy (non-hydrogen) atoms. The van der Waals surface area contributed by atoms with Crippen LogP contribution in [0.5, 0.6) is 0 Å². The first-order valence-electron chi connectivity index (χ1n) is 17.1. The Morgan fingerprint density at radius 3 is 0.619 bits per heavy atom. The summed E-state index contributed by atoms with van der Waals surface area (Å²) in [6, 6.07) is 0. The molecule has 1 aliphatic heterocycles. The minimum absolute atomic E-state index is 0.413. The molecule has 0 aliphatic carbocycles. The van der Waals surface area contributed by atoms with Crippen LogP contribution in [0.25, 0.3) is 0 Å². The maximum atomic E-state index is 14.3. The smallest absolute Gasteiger partial charge is 0.101 e. The molecule has 0 saturated carbocycles. The number of hydrogen-bond acceptors (Lipinski definition) is 6. The summed E-state index contributed by atoms with van der Waals surface area (Å²) in [6.07, 6.45) is 6.77. The number of rotatable bonds is 18. The molecule has 0 radical (unpaired) electrons. The van der Waals surface area contributed by atoms with Gasteiger partial charge in [0.05, 0.1) is 18.9 Å². The van der Waals surface area contributed by atoms with Crippen molar-refractivity contribution in [2.75, 3.05) is 95.1 Å². The minimum atomic E-state index is -2.37. The van der Waals surface area contributed by atoms with E-state index in [4.69, 9.17) is 0 Å². The van der Waals surface area contributed by atoms with Crippen LogP contribution in [0.15, 0.2) is 0 Å². The van der Waals surface area contributed by atoms with Crippen molar-refractivity contribution in [1.82, 2.24) is 14.7 Å². The average Bonchev–Trinajstić information content (AvgIpc) is 2.81. The van der Waals surface area contributed by atoms with Crippen LogP contribution in [0.4, 0.5) is 0 Å². The Labute approximate surface area is 263 Å². The van der Waals surface area contributed by atoms with Crippen LogP contribution in [0.2, 0.25) is 0 Å². The van der Waals surface area contributed by atoms with Gasteiger partial charge in [-0.15, -0.1) is 0 Å². The molecule has 0 spiro atoms.